The first kappa shape index (κ1) is 23.7. The van der Waals surface area contributed by atoms with Crippen molar-refractivity contribution in [2.45, 2.75) is 23.6 Å². The number of carbonyl (C=O) groups excluding carboxylic acids is 1. The largest absolute Gasteiger partial charge is 0.494 e. The van der Waals surface area contributed by atoms with Crippen LogP contribution in [0, 0.1) is 6.92 Å². The number of nitrogens with zero attached hydrogens (tertiary/aromatic N) is 1. The number of carbonyl (C=O) groups is 1. The number of nitrogens with one attached hydrogen (secondary N) is 1. The number of amides is 1. The molecule has 0 bridgehead atoms. The molecule has 0 fully saturated rings. The van der Waals surface area contributed by atoms with Crippen molar-refractivity contribution in [3.63, 3.8) is 0 Å². The third kappa shape index (κ3) is 5.83. The highest BCUT2D eigenvalue weighted by Gasteiger charge is 2.27. The summed E-state index contributed by atoms with van der Waals surface area (Å²) >= 11 is 1.56. The minimum Gasteiger partial charge on any atom is -0.494 e. The van der Waals surface area contributed by atoms with Gasteiger partial charge in [0.1, 0.15) is 12.3 Å². The van der Waals surface area contributed by atoms with Crippen LogP contribution < -0.4 is 14.4 Å². The van der Waals surface area contributed by atoms with Gasteiger partial charge in [0.2, 0.25) is 5.91 Å². The van der Waals surface area contributed by atoms with Crippen molar-refractivity contribution in [2.24, 2.45) is 0 Å². The number of thioether (sulfide) groups is 1. The predicted molar refractivity (Wildman–Crippen MR) is 130 cm³/mol. The van der Waals surface area contributed by atoms with Gasteiger partial charge in [-0.1, -0.05) is 23.8 Å². The molecule has 0 unspecified atom stereocenters. The summed E-state index contributed by atoms with van der Waals surface area (Å²) in [5, 5.41) is 2.80. The maximum absolute atomic E-state index is 13.5. The van der Waals surface area contributed by atoms with Crippen LogP contribution in [-0.2, 0) is 14.8 Å². The van der Waals surface area contributed by atoms with Crippen LogP contribution in [0.4, 0.5) is 11.4 Å². The van der Waals surface area contributed by atoms with Crippen molar-refractivity contribution in [3.8, 4) is 5.75 Å². The lowest BCUT2D eigenvalue weighted by Gasteiger charge is -2.24. The van der Waals surface area contributed by atoms with E-state index in [1.165, 1.54) is 12.1 Å². The van der Waals surface area contributed by atoms with Gasteiger partial charge in [-0.3, -0.25) is 9.10 Å². The SMILES string of the molecule is CCOc1ccc(S(=O)(=O)N(CC(=O)Nc2cccc(SC)c2)c2ccc(C)cc2)cc1. The van der Waals surface area contributed by atoms with Gasteiger partial charge < -0.3 is 10.1 Å². The second-order valence-corrected chi connectivity index (χ2v) is 9.77. The number of hydrogen-bond acceptors (Lipinski definition) is 5. The van der Waals surface area contributed by atoms with E-state index in [-0.39, 0.29) is 11.4 Å². The first-order valence-corrected chi connectivity index (χ1v) is 12.8. The molecule has 0 saturated carbocycles. The van der Waals surface area contributed by atoms with Crippen molar-refractivity contribution in [1.29, 1.82) is 0 Å². The third-order valence-corrected chi connectivity index (χ3v) is 7.20. The van der Waals surface area contributed by atoms with Gasteiger partial charge in [0.15, 0.2) is 0 Å². The van der Waals surface area contributed by atoms with Crippen LogP contribution in [0.5, 0.6) is 5.75 Å². The summed E-state index contributed by atoms with van der Waals surface area (Å²) in [6, 6.07) is 20.6. The second kappa shape index (κ2) is 10.6. The topological polar surface area (TPSA) is 75.7 Å². The molecule has 168 valence electrons. The summed E-state index contributed by atoms with van der Waals surface area (Å²) in [7, 11) is -3.99. The molecule has 8 heteroatoms. The molecule has 3 aromatic rings. The molecule has 0 heterocycles. The molecule has 0 aromatic heterocycles. The second-order valence-electron chi connectivity index (χ2n) is 7.03. The quantitative estimate of drug-likeness (QED) is 0.448. The fraction of sp³-hybridized carbons (Fsp3) is 0.208. The molecule has 0 spiro atoms. The van der Waals surface area contributed by atoms with Crippen LogP contribution in [0.15, 0.2) is 82.6 Å². The van der Waals surface area contributed by atoms with Gasteiger partial charge in [0.05, 0.1) is 17.2 Å². The van der Waals surface area contributed by atoms with Crippen molar-refractivity contribution in [1.82, 2.24) is 0 Å². The summed E-state index contributed by atoms with van der Waals surface area (Å²) in [5.41, 5.74) is 2.02. The Balaban J connectivity index is 1.90. The zero-order chi connectivity index (χ0) is 23.1. The lowest BCUT2D eigenvalue weighted by molar-refractivity contribution is -0.114. The first-order valence-electron chi connectivity index (χ1n) is 10.1. The van der Waals surface area contributed by atoms with E-state index in [4.69, 9.17) is 4.74 Å². The maximum Gasteiger partial charge on any atom is 0.264 e. The van der Waals surface area contributed by atoms with E-state index in [2.05, 4.69) is 5.32 Å². The Kier molecular flexibility index (Phi) is 7.82. The lowest BCUT2D eigenvalue weighted by atomic mass is 10.2. The highest BCUT2D eigenvalue weighted by Crippen LogP contribution is 2.26. The fourth-order valence-electron chi connectivity index (χ4n) is 3.06. The molecule has 1 amide bonds. The van der Waals surface area contributed by atoms with Crippen LogP contribution >= 0.6 is 11.8 Å². The van der Waals surface area contributed by atoms with E-state index < -0.39 is 15.9 Å². The molecule has 0 saturated heterocycles. The van der Waals surface area contributed by atoms with Crippen molar-refractivity contribution in [2.75, 3.05) is 29.0 Å². The zero-order valence-electron chi connectivity index (χ0n) is 18.2. The van der Waals surface area contributed by atoms with E-state index in [0.717, 1.165) is 14.8 Å². The predicted octanol–water partition coefficient (Wildman–Crippen LogP) is 4.95. The molecule has 6 nitrogen and oxygen atoms in total. The Morgan fingerprint density at radius 2 is 1.72 bits per heavy atom. The molecule has 0 aliphatic carbocycles. The zero-order valence-corrected chi connectivity index (χ0v) is 19.9. The molecule has 3 rings (SSSR count). The molecule has 0 radical (unpaired) electrons. The molecule has 0 atom stereocenters. The summed E-state index contributed by atoms with van der Waals surface area (Å²) in [5.74, 6) is 0.151. The molecule has 3 aromatic carbocycles. The molecular weight excluding hydrogens is 444 g/mol. The van der Waals surface area contributed by atoms with Crippen molar-refractivity contribution < 1.29 is 17.9 Å². The Morgan fingerprint density at radius 1 is 1.03 bits per heavy atom. The van der Waals surface area contributed by atoms with E-state index in [9.17, 15) is 13.2 Å². The molecule has 1 N–H and O–H groups in total. The van der Waals surface area contributed by atoms with Gasteiger partial charge in [-0.25, -0.2) is 8.42 Å². The van der Waals surface area contributed by atoms with Gasteiger partial charge in [-0.05, 0) is 74.7 Å². The van der Waals surface area contributed by atoms with Gasteiger partial charge >= 0.3 is 0 Å². The Bertz CT molecular complexity index is 1160. The van der Waals surface area contributed by atoms with Gasteiger partial charge in [0.25, 0.3) is 10.0 Å². The number of hydrogen-bond donors (Lipinski definition) is 1. The van der Waals surface area contributed by atoms with E-state index >= 15 is 0 Å². The highest BCUT2D eigenvalue weighted by molar-refractivity contribution is 7.98. The minimum atomic E-state index is -3.99. The molecular formula is C24H26N2O4S2. The monoisotopic (exact) mass is 470 g/mol. The normalized spacial score (nSPS) is 11.1. The number of sulfonamides is 1. The molecule has 0 aliphatic heterocycles. The number of benzene rings is 3. The smallest absolute Gasteiger partial charge is 0.264 e. The van der Waals surface area contributed by atoms with Crippen molar-refractivity contribution in [3.05, 3.63) is 78.4 Å². The number of ether oxygens (including phenoxy) is 1. The summed E-state index contributed by atoms with van der Waals surface area (Å²) in [6.45, 7) is 3.90. The summed E-state index contributed by atoms with van der Waals surface area (Å²) in [4.78, 5) is 13.9. The average molecular weight is 471 g/mol. The maximum atomic E-state index is 13.5. The standard InChI is InChI=1S/C24H26N2O4S2/c1-4-30-21-12-14-23(15-13-21)32(28,29)26(20-10-8-18(2)9-11-20)17-24(27)25-19-6-5-7-22(16-19)31-3/h5-16H,4,17H2,1-3H3,(H,25,27). The summed E-state index contributed by atoms with van der Waals surface area (Å²) in [6.07, 6.45) is 1.95. The van der Waals surface area contributed by atoms with E-state index in [1.54, 1.807) is 42.1 Å². The Morgan fingerprint density at radius 3 is 2.34 bits per heavy atom. The van der Waals surface area contributed by atoms with Crippen LogP contribution in [0.1, 0.15) is 12.5 Å². The van der Waals surface area contributed by atoms with Crippen LogP contribution in [0.3, 0.4) is 0 Å². The Labute approximate surface area is 193 Å². The number of rotatable bonds is 9. The van der Waals surface area contributed by atoms with Gasteiger partial charge in [0, 0.05) is 10.6 Å². The number of anilines is 2. The molecule has 0 aliphatic rings. The third-order valence-electron chi connectivity index (χ3n) is 4.69. The van der Waals surface area contributed by atoms with E-state index in [1.807, 2.05) is 50.4 Å². The lowest BCUT2D eigenvalue weighted by Crippen LogP contribution is -2.38. The van der Waals surface area contributed by atoms with Gasteiger partial charge in [-0.2, -0.15) is 0 Å². The van der Waals surface area contributed by atoms with Crippen LogP contribution in [0.2, 0.25) is 0 Å². The minimum absolute atomic E-state index is 0.0821. The molecule has 32 heavy (non-hydrogen) atoms. The highest BCUT2D eigenvalue weighted by atomic mass is 32.2. The number of aryl methyl sites for hydroxylation is 1. The van der Waals surface area contributed by atoms with Crippen LogP contribution in [-0.4, -0.2) is 33.7 Å². The first-order chi connectivity index (χ1) is 15.3. The summed E-state index contributed by atoms with van der Waals surface area (Å²) < 4.78 is 33.5. The van der Waals surface area contributed by atoms with Crippen molar-refractivity contribution >= 4 is 39.1 Å². The van der Waals surface area contributed by atoms with Crippen LogP contribution in [0.25, 0.3) is 0 Å². The Hall–Kier alpha value is -2.97. The fourth-order valence-corrected chi connectivity index (χ4v) is 4.94. The van der Waals surface area contributed by atoms with Gasteiger partial charge in [-0.15, -0.1) is 11.8 Å². The van der Waals surface area contributed by atoms with E-state index in [0.29, 0.717) is 23.7 Å². The average Bonchev–Trinajstić information content (AvgIpc) is 2.79.